The molecule has 242 valence electrons. The van der Waals surface area contributed by atoms with Crippen molar-refractivity contribution in [3.63, 3.8) is 0 Å². The van der Waals surface area contributed by atoms with Crippen molar-refractivity contribution in [3.05, 3.63) is 29.3 Å². The van der Waals surface area contributed by atoms with Crippen molar-refractivity contribution in [2.75, 3.05) is 37.6 Å². The van der Waals surface area contributed by atoms with Gasteiger partial charge in [-0.05, 0) is 69.7 Å². The first-order valence-electron chi connectivity index (χ1n) is 13.8. The lowest BCUT2D eigenvalue weighted by Crippen LogP contribution is -2.54. The molecule has 0 saturated carbocycles. The number of ether oxygens (including phenoxy) is 1. The fraction of sp³-hybridized carbons (Fsp3) is 0.704. The third kappa shape index (κ3) is 7.09. The first kappa shape index (κ1) is 33.0. The smallest absolute Gasteiger partial charge is 0.434 e. The van der Waals surface area contributed by atoms with Gasteiger partial charge in [-0.2, -0.15) is 39.5 Å². The molecule has 1 amide bonds. The topological polar surface area (TPSA) is 73.3 Å². The predicted molar refractivity (Wildman–Crippen MR) is 134 cm³/mol. The Morgan fingerprint density at radius 3 is 2.07 bits per heavy atom. The van der Waals surface area contributed by atoms with Crippen LogP contribution < -0.4 is 4.90 Å². The van der Waals surface area contributed by atoms with Gasteiger partial charge in [0.05, 0.1) is 11.0 Å². The molecule has 3 heterocycles. The third-order valence-corrected chi connectivity index (χ3v) is 8.83. The predicted octanol–water partition coefficient (Wildman–Crippen LogP) is 6.46. The van der Waals surface area contributed by atoms with Crippen LogP contribution in [0.3, 0.4) is 0 Å². The van der Waals surface area contributed by atoms with Crippen LogP contribution in [0.1, 0.15) is 56.6 Å². The summed E-state index contributed by atoms with van der Waals surface area (Å²) in [7, 11) is 0. The molecular formula is C27H32F9N3O4. The van der Waals surface area contributed by atoms with Gasteiger partial charge in [-0.1, -0.05) is 6.07 Å². The van der Waals surface area contributed by atoms with Gasteiger partial charge in [-0.3, -0.25) is 9.69 Å². The highest BCUT2D eigenvalue weighted by molar-refractivity contribution is 5.76. The number of piperidine rings is 2. The maximum Gasteiger partial charge on any atom is 0.434 e. The quantitative estimate of drug-likeness (QED) is 0.376. The number of carbonyl (C=O) groups is 2. The molecule has 3 aliphatic rings. The minimum absolute atomic E-state index is 0.00963. The molecule has 0 aromatic heterocycles. The Morgan fingerprint density at radius 1 is 0.907 bits per heavy atom. The molecule has 1 aromatic rings. The molecule has 3 saturated heterocycles. The summed E-state index contributed by atoms with van der Waals surface area (Å²) in [5.74, 6) is -1.05. The molecule has 0 radical (unpaired) electrons. The molecular weight excluding hydrogens is 601 g/mol. The molecule has 43 heavy (non-hydrogen) atoms. The van der Waals surface area contributed by atoms with Gasteiger partial charge >= 0.3 is 30.6 Å². The summed E-state index contributed by atoms with van der Waals surface area (Å²) in [5.41, 5.74) is -1.83. The van der Waals surface area contributed by atoms with E-state index in [1.807, 2.05) is 4.90 Å². The molecule has 1 spiro atoms. The van der Waals surface area contributed by atoms with Crippen molar-refractivity contribution in [1.29, 1.82) is 0 Å². The molecule has 4 rings (SSSR count). The molecule has 1 aromatic carbocycles. The first-order chi connectivity index (χ1) is 19.8. The Kier molecular flexibility index (Phi) is 8.86. The van der Waals surface area contributed by atoms with Crippen LogP contribution in [0, 0.1) is 5.41 Å². The van der Waals surface area contributed by atoms with Gasteiger partial charge < -0.3 is 19.6 Å². The molecule has 1 N–H and O–H groups in total. The van der Waals surface area contributed by atoms with Crippen LogP contribution in [0.15, 0.2) is 18.2 Å². The highest BCUT2D eigenvalue weighted by Gasteiger charge is 2.60. The lowest BCUT2D eigenvalue weighted by Gasteiger charge is -2.45. The number of hydrogen-bond donors (Lipinski definition) is 1. The lowest BCUT2D eigenvalue weighted by atomic mass is 9.81. The van der Waals surface area contributed by atoms with Crippen LogP contribution in [0.2, 0.25) is 0 Å². The maximum absolute atomic E-state index is 13.7. The number of rotatable bonds is 5. The number of likely N-dealkylation sites (tertiary alicyclic amines) is 2. The molecule has 3 aliphatic heterocycles. The van der Waals surface area contributed by atoms with E-state index in [2.05, 4.69) is 4.74 Å². The second-order valence-corrected chi connectivity index (χ2v) is 11.8. The van der Waals surface area contributed by atoms with Crippen LogP contribution in [0.4, 0.5) is 50.0 Å². The molecule has 0 bridgehead atoms. The number of nitrogens with zero attached hydrogens (tertiary/aromatic N) is 3. The molecule has 0 unspecified atom stereocenters. The SMILES string of the molecule is C[C@@]1(C(=O)O)CCCN(c2cc(C(F)(F)F)ccc2CN2CCCC23CCN(C(=O)OC(C(F)(F)F)C(F)(F)F)CC3)C1. The highest BCUT2D eigenvalue weighted by Crippen LogP contribution is 2.43. The van der Waals surface area contributed by atoms with Crippen molar-refractivity contribution in [3.8, 4) is 0 Å². The average molecular weight is 634 g/mol. The van der Waals surface area contributed by atoms with Crippen LogP contribution >= 0.6 is 0 Å². The number of amides is 1. The van der Waals surface area contributed by atoms with Crippen LogP contribution in [0.25, 0.3) is 0 Å². The van der Waals surface area contributed by atoms with Crippen molar-refractivity contribution in [2.45, 2.75) is 82.2 Å². The summed E-state index contributed by atoms with van der Waals surface area (Å²) >= 11 is 0. The minimum atomic E-state index is -5.83. The van der Waals surface area contributed by atoms with E-state index in [-0.39, 0.29) is 44.7 Å². The zero-order valence-corrected chi connectivity index (χ0v) is 23.2. The minimum Gasteiger partial charge on any atom is -0.481 e. The summed E-state index contributed by atoms with van der Waals surface area (Å²) in [4.78, 5) is 28.7. The number of carboxylic acid groups (broad SMARTS) is 1. The average Bonchev–Trinajstić information content (AvgIpc) is 3.26. The van der Waals surface area contributed by atoms with Crippen molar-refractivity contribution >= 4 is 17.7 Å². The number of benzene rings is 1. The number of alkyl halides is 9. The second-order valence-electron chi connectivity index (χ2n) is 11.8. The van der Waals surface area contributed by atoms with Gasteiger partial charge in [0, 0.05) is 44.0 Å². The first-order valence-corrected chi connectivity index (χ1v) is 13.8. The van der Waals surface area contributed by atoms with Gasteiger partial charge in [-0.25, -0.2) is 4.79 Å². The number of hydrogen-bond acceptors (Lipinski definition) is 5. The largest absolute Gasteiger partial charge is 0.481 e. The Morgan fingerprint density at radius 2 is 1.51 bits per heavy atom. The third-order valence-electron chi connectivity index (χ3n) is 8.83. The highest BCUT2D eigenvalue weighted by atomic mass is 19.4. The van der Waals surface area contributed by atoms with E-state index in [1.165, 1.54) is 6.07 Å². The molecule has 7 nitrogen and oxygen atoms in total. The van der Waals surface area contributed by atoms with E-state index in [0.29, 0.717) is 44.3 Å². The summed E-state index contributed by atoms with van der Waals surface area (Å²) in [6.45, 7) is 2.30. The van der Waals surface area contributed by atoms with Gasteiger partial charge in [0.15, 0.2) is 0 Å². The van der Waals surface area contributed by atoms with Crippen LogP contribution in [-0.2, 0) is 22.3 Å². The van der Waals surface area contributed by atoms with Crippen molar-refractivity contribution < 1.29 is 58.9 Å². The zero-order chi connectivity index (χ0) is 32.0. The van der Waals surface area contributed by atoms with E-state index >= 15 is 0 Å². The van der Waals surface area contributed by atoms with E-state index in [1.54, 1.807) is 11.8 Å². The van der Waals surface area contributed by atoms with E-state index in [9.17, 15) is 54.2 Å². The normalized spacial score (nSPS) is 23.7. The Hall–Kier alpha value is -2.91. The Balaban J connectivity index is 1.52. The van der Waals surface area contributed by atoms with E-state index in [0.717, 1.165) is 17.0 Å². The summed E-state index contributed by atoms with van der Waals surface area (Å²) in [6.07, 6.45) is -19.7. The number of anilines is 1. The second kappa shape index (κ2) is 11.5. The monoisotopic (exact) mass is 633 g/mol. The summed E-state index contributed by atoms with van der Waals surface area (Å²) in [6, 6.07) is 3.33. The molecule has 1 atom stereocenters. The van der Waals surface area contributed by atoms with Crippen LogP contribution in [0.5, 0.6) is 0 Å². The Bertz CT molecular complexity index is 1180. The fourth-order valence-electron chi connectivity index (χ4n) is 6.40. The van der Waals surface area contributed by atoms with Gasteiger partial charge in [0.1, 0.15) is 0 Å². The summed E-state index contributed by atoms with van der Waals surface area (Å²) < 4.78 is 122. The number of carboxylic acids is 1. The standard InChI is InChI=1S/C27H32F9N3O4/c1-23(21(40)41)6-2-10-38(16-23)19-14-18(25(28,29)30)5-4-17(19)15-39-11-3-7-24(39)8-12-37(13-9-24)22(42)43-20(26(31,32)33)27(34,35)36/h4-5,14,20H,2-3,6-13,15-16H2,1H3,(H,40,41)/t23-/m1/s1. The van der Waals surface area contributed by atoms with Gasteiger partial charge in [-0.15, -0.1) is 0 Å². The van der Waals surface area contributed by atoms with E-state index < -0.39 is 53.2 Å². The zero-order valence-electron chi connectivity index (χ0n) is 23.2. The molecule has 16 heteroatoms. The molecule has 3 fully saturated rings. The number of aliphatic carboxylic acids is 1. The van der Waals surface area contributed by atoms with Crippen molar-refractivity contribution in [2.24, 2.45) is 5.41 Å². The lowest BCUT2D eigenvalue weighted by molar-refractivity contribution is -0.308. The van der Waals surface area contributed by atoms with Crippen LogP contribution in [-0.4, -0.2) is 83.7 Å². The number of halogens is 9. The molecule has 0 aliphatic carbocycles. The van der Waals surface area contributed by atoms with Gasteiger partial charge in [0.2, 0.25) is 0 Å². The maximum atomic E-state index is 13.7. The Labute approximate surface area is 241 Å². The fourth-order valence-corrected chi connectivity index (χ4v) is 6.40. The van der Waals surface area contributed by atoms with Crippen molar-refractivity contribution in [1.82, 2.24) is 9.80 Å². The summed E-state index contributed by atoms with van der Waals surface area (Å²) in [5, 5.41) is 9.74. The van der Waals surface area contributed by atoms with E-state index in [4.69, 9.17) is 0 Å². The number of carbonyl (C=O) groups excluding carboxylic acids is 1. The van der Waals surface area contributed by atoms with Gasteiger partial charge in [0.25, 0.3) is 6.10 Å².